The fraction of sp³-hybridized carbons (Fsp3) is 0.125. The summed E-state index contributed by atoms with van der Waals surface area (Å²) in [4.78, 5) is 4.21. The predicted octanol–water partition coefficient (Wildman–Crippen LogP) is 0.681. The van der Waals surface area contributed by atoms with E-state index in [0.29, 0.717) is 0 Å². The summed E-state index contributed by atoms with van der Waals surface area (Å²) in [5.41, 5.74) is 2.26. The van der Waals surface area contributed by atoms with Crippen LogP contribution in [0.4, 0.5) is 0 Å². The average Bonchev–Trinajstić information content (AvgIpc) is 2.05. The molecule has 0 saturated heterocycles. The summed E-state index contributed by atoms with van der Waals surface area (Å²) in [5.74, 6) is 0. The van der Waals surface area contributed by atoms with Crippen molar-refractivity contribution < 1.29 is 0 Å². The molecular formula is C8H8N2+. The number of allylic oxidation sites excluding steroid dienone is 4. The molecule has 0 amide bonds. The molecule has 0 aliphatic carbocycles. The van der Waals surface area contributed by atoms with Crippen LogP contribution in [0.5, 0.6) is 0 Å². The number of fused-ring (bicyclic) bond motifs is 1. The predicted molar refractivity (Wildman–Crippen MR) is 41.3 cm³/mol. The van der Waals surface area contributed by atoms with Crippen LogP contribution in [0.2, 0.25) is 0 Å². The number of hydrogen-bond donors (Lipinski definition) is 1. The first kappa shape index (κ1) is 5.47. The molecule has 10 heavy (non-hydrogen) atoms. The minimum Gasteiger partial charge on any atom is -0.357 e. The van der Waals surface area contributed by atoms with Gasteiger partial charge in [-0.25, -0.2) is 0 Å². The molecule has 2 aliphatic heterocycles. The molecule has 2 heterocycles. The molecular weight excluding hydrogens is 124 g/mol. The molecule has 2 aliphatic rings. The summed E-state index contributed by atoms with van der Waals surface area (Å²) >= 11 is 0. The summed E-state index contributed by atoms with van der Waals surface area (Å²) in [6.07, 6.45) is 10.7. The van der Waals surface area contributed by atoms with E-state index in [-0.39, 0.29) is 0 Å². The van der Waals surface area contributed by atoms with Gasteiger partial charge in [0.05, 0.1) is 11.4 Å². The van der Waals surface area contributed by atoms with Gasteiger partial charge >= 0.3 is 0 Å². The Morgan fingerprint density at radius 1 is 1.50 bits per heavy atom. The molecule has 2 rings (SSSR count). The Bertz CT molecular complexity index is 230. The van der Waals surface area contributed by atoms with E-state index in [1.807, 2.05) is 24.6 Å². The van der Waals surface area contributed by atoms with Gasteiger partial charge in [0.25, 0.3) is 5.71 Å². The maximum atomic E-state index is 4.21. The molecule has 0 spiro atoms. The molecule has 0 atom stereocenters. The minimum atomic E-state index is 0.948. The second-order valence-electron chi connectivity index (χ2n) is 2.25. The summed E-state index contributed by atoms with van der Waals surface area (Å²) < 4.78 is 0. The van der Waals surface area contributed by atoms with Gasteiger partial charge in [-0.2, -0.15) is 0 Å². The number of nitrogens with one attached hydrogen (secondary N) is 1. The van der Waals surface area contributed by atoms with Crippen molar-refractivity contribution in [3.05, 3.63) is 36.3 Å². The fourth-order valence-electron chi connectivity index (χ4n) is 1.05. The van der Waals surface area contributed by atoms with Crippen molar-refractivity contribution >= 4 is 5.71 Å². The Hall–Kier alpha value is -1.31. The molecule has 0 bridgehead atoms. The molecule has 2 nitrogen and oxygen atoms in total. The van der Waals surface area contributed by atoms with Crippen molar-refractivity contribution in [2.24, 2.45) is 0 Å². The lowest BCUT2D eigenvalue weighted by Crippen LogP contribution is -2.23. The van der Waals surface area contributed by atoms with Gasteiger partial charge in [0.1, 0.15) is 5.70 Å². The average molecular weight is 132 g/mol. The van der Waals surface area contributed by atoms with E-state index < -0.39 is 0 Å². The number of nitrogens with zero attached hydrogens (tertiary/aromatic N) is 1. The zero-order valence-electron chi connectivity index (χ0n) is 5.54. The molecule has 0 saturated carbocycles. The van der Waals surface area contributed by atoms with Gasteiger partial charge in [-0.3, -0.25) is 0 Å². The van der Waals surface area contributed by atoms with Gasteiger partial charge < -0.3 is 5.32 Å². The maximum Gasteiger partial charge on any atom is 0.280 e. The Kier molecular flexibility index (Phi) is 1.17. The van der Waals surface area contributed by atoms with Crippen LogP contribution in [0, 0.1) is 0 Å². The maximum absolute atomic E-state index is 4.21. The molecule has 1 radical (unpaired) electrons. The number of aliphatic imine (C=N–C) groups is 1. The Morgan fingerprint density at radius 2 is 2.50 bits per heavy atom. The second kappa shape index (κ2) is 2.14. The molecule has 0 aromatic heterocycles. The smallest absolute Gasteiger partial charge is 0.280 e. The molecule has 2 heteroatoms. The van der Waals surface area contributed by atoms with Crippen LogP contribution < -0.4 is 10.3 Å². The van der Waals surface area contributed by atoms with Crippen LogP contribution in [-0.2, 0) is 0 Å². The van der Waals surface area contributed by atoms with Crippen molar-refractivity contribution in [1.29, 1.82) is 0 Å². The van der Waals surface area contributed by atoms with Crippen LogP contribution in [-0.4, -0.2) is 5.71 Å². The Balaban J connectivity index is 2.39. The zero-order valence-corrected chi connectivity index (χ0v) is 5.54. The molecule has 0 aromatic rings. The molecule has 1 N–H and O–H groups in total. The van der Waals surface area contributed by atoms with E-state index in [0.717, 1.165) is 17.8 Å². The highest BCUT2D eigenvalue weighted by Gasteiger charge is 2.18. The normalized spacial score (nSPS) is 20.8. The van der Waals surface area contributed by atoms with Crippen LogP contribution in [0.1, 0.15) is 6.42 Å². The highest BCUT2D eigenvalue weighted by atomic mass is 14.9. The Labute approximate surface area is 59.7 Å². The van der Waals surface area contributed by atoms with E-state index in [4.69, 9.17) is 0 Å². The third-order valence-electron chi connectivity index (χ3n) is 1.56. The summed E-state index contributed by atoms with van der Waals surface area (Å²) in [6, 6.07) is 0. The van der Waals surface area contributed by atoms with Crippen molar-refractivity contribution in [2.45, 2.75) is 6.42 Å². The van der Waals surface area contributed by atoms with Crippen molar-refractivity contribution in [2.75, 3.05) is 0 Å². The summed E-state index contributed by atoms with van der Waals surface area (Å²) in [6.45, 7) is 0. The Morgan fingerprint density at radius 3 is 3.40 bits per heavy atom. The van der Waals surface area contributed by atoms with Crippen LogP contribution in [0.15, 0.2) is 36.3 Å². The number of rotatable bonds is 0. The van der Waals surface area contributed by atoms with Gasteiger partial charge in [0.15, 0.2) is 0 Å². The second-order valence-corrected chi connectivity index (χ2v) is 2.25. The van der Waals surface area contributed by atoms with E-state index in [1.165, 1.54) is 0 Å². The van der Waals surface area contributed by atoms with Crippen LogP contribution in [0.3, 0.4) is 0 Å². The lowest BCUT2D eigenvalue weighted by Gasteiger charge is -2.06. The van der Waals surface area contributed by atoms with Gasteiger partial charge in [0.2, 0.25) is 6.20 Å². The first-order valence-corrected chi connectivity index (χ1v) is 3.32. The standard InChI is InChI=1S/C8H8N2/c1-3-7-8(9-5-1)4-2-6-10-7/h1-3,5-6,10H,4H2/q+1. The van der Waals surface area contributed by atoms with E-state index in [1.54, 1.807) is 0 Å². The molecule has 0 unspecified atom stereocenters. The van der Waals surface area contributed by atoms with Gasteiger partial charge in [-0.05, 0) is 12.3 Å². The van der Waals surface area contributed by atoms with E-state index in [9.17, 15) is 0 Å². The third-order valence-corrected chi connectivity index (χ3v) is 1.56. The van der Waals surface area contributed by atoms with Crippen molar-refractivity contribution in [1.82, 2.24) is 10.3 Å². The zero-order chi connectivity index (χ0) is 6.81. The third kappa shape index (κ3) is 0.778. The fourth-order valence-corrected chi connectivity index (χ4v) is 1.05. The van der Waals surface area contributed by atoms with Gasteiger partial charge in [-0.15, -0.1) is 0 Å². The highest BCUT2D eigenvalue weighted by molar-refractivity contribution is 6.01. The molecule has 0 aromatic carbocycles. The topological polar surface area (TPSA) is 26.1 Å². The lowest BCUT2D eigenvalue weighted by molar-refractivity contribution is 1.05. The highest BCUT2D eigenvalue weighted by Crippen LogP contribution is 2.05. The SMILES string of the molecule is C1=C[N+]=C2CC=CNC2=C1. The first-order valence-electron chi connectivity index (χ1n) is 3.32. The van der Waals surface area contributed by atoms with Crippen LogP contribution in [0.25, 0.3) is 0 Å². The first-order chi connectivity index (χ1) is 4.97. The monoisotopic (exact) mass is 132 g/mol. The van der Waals surface area contributed by atoms with Crippen molar-refractivity contribution in [3.8, 4) is 0 Å². The number of hydrogen-bond acceptors (Lipinski definition) is 2. The van der Waals surface area contributed by atoms with Gasteiger partial charge in [-0.1, -0.05) is 6.08 Å². The minimum absolute atomic E-state index is 0.948. The lowest BCUT2D eigenvalue weighted by atomic mass is 10.1. The molecule has 0 fully saturated rings. The van der Waals surface area contributed by atoms with Crippen LogP contribution >= 0.6 is 0 Å². The largest absolute Gasteiger partial charge is 0.357 e. The van der Waals surface area contributed by atoms with Crippen molar-refractivity contribution in [3.63, 3.8) is 0 Å². The summed E-state index contributed by atoms with van der Waals surface area (Å²) in [5, 5.41) is 3.12. The summed E-state index contributed by atoms with van der Waals surface area (Å²) in [7, 11) is 0. The van der Waals surface area contributed by atoms with E-state index >= 15 is 0 Å². The quantitative estimate of drug-likeness (QED) is 0.515. The molecule has 49 valence electrons. The van der Waals surface area contributed by atoms with E-state index in [2.05, 4.69) is 16.4 Å². The van der Waals surface area contributed by atoms with Gasteiger partial charge in [0, 0.05) is 6.08 Å².